The number of halogens is 4. The van der Waals surface area contributed by atoms with Crippen molar-refractivity contribution >= 4 is 28.9 Å². The van der Waals surface area contributed by atoms with Gasteiger partial charge in [0, 0.05) is 49.7 Å². The molecule has 1 aliphatic rings. The van der Waals surface area contributed by atoms with Crippen LogP contribution in [0.2, 0.25) is 0 Å². The lowest BCUT2D eigenvalue weighted by molar-refractivity contribution is -0.137. The molecule has 35 heavy (non-hydrogen) atoms. The molecule has 0 spiro atoms. The van der Waals surface area contributed by atoms with Crippen LogP contribution in [0.25, 0.3) is 0 Å². The number of alkyl halides is 3. The van der Waals surface area contributed by atoms with Gasteiger partial charge in [-0.15, -0.1) is 0 Å². The summed E-state index contributed by atoms with van der Waals surface area (Å²) < 4.78 is 50.4. The minimum Gasteiger partial charge on any atom is -0.492 e. The second kappa shape index (κ2) is 12.1. The molecule has 2 aromatic carbocycles. The van der Waals surface area contributed by atoms with Crippen molar-refractivity contribution in [1.82, 2.24) is 4.90 Å². The van der Waals surface area contributed by atoms with Gasteiger partial charge in [-0.1, -0.05) is 17.7 Å². The maximum absolute atomic E-state index is 13.0. The first kappa shape index (κ1) is 26.5. The molecule has 2 aromatic rings. The van der Waals surface area contributed by atoms with Crippen molar-refractivity contribution in [3.05, 3.63) is 70.4 Å². The number of nitrogens with two attached hydrogens (primary N) is 1. The molecule has 1 fully saturated rings. The van der Waals surface area contributed by atoms with Crippen LogP contribution >= 0.6 is 11.6 Å². The van der Waals surface area contributed by atoms with Gasteiger partial charge >= 0.3 is 6.18 Å². The number of nitrogens with zero attached hydrogens (tertiary/aromatic N) is 2. The molecule has 11 heteroatoms. The number of anilines is 1. The van der Waals surface area contributed by atoms with E-state index in [1.165, 1.54) is 25.4 Å². The van der Waals surface area contributed by atoms with Gasteiger partial charge in [-0.3, -0.25) is 14.7 Å². The van der Waals surface area contributed by atoms with E-state index in [2.05, 4.69) is 15.2 Å². The summed E-state index contributed by atoms with van der Waals surface area (Å²) in [5.41, 5.74) is 5.68. The van der Waals surface area contributed by atoms with Crippen LogP contribution in [0.3, 0.4) is 0 Å². The van der Waals surface area contributed by atoms with Gasteiger partial charge in [0.25, 0.3) is 5.91 Å². The second-order valence-corrected chi connectivity index (χ2v) is 8.04. The summed E-state index contributed by atoms with van der Waals surface area (Å²) in [7, 11) is 1.53. The largest absolute Gasteiger partial charge is 0.492 e. The summed E-state index contributed by atoms with van der Waals surface area (Å²) in [5.74, 6) is -0.227. The first-order valence-corrected chi connectivity index (χ1v) is 11.2. The molecule has 1 saturated heterocycles. The zero-order chi connectivity index (χ0) is 25.4. The molecule has 0 unspecified atom stereocenters. The van der Waals surface area contributed by atoms with Crippen LogP contribution in [0, 0.1) is 0 Å². The number of amides is 1. The average Bonchev–Trinajstić information content (AvgIpc) is 2.85. The summed E-state index contributed by atoms with van der Waals surface area (Å²) in [6.07, 6.45) is -3.36. The summed E-state index contributed by atoms with van der Waals surface area (Å²) in [6.45, 7) is 4.07. The van der Waals surface area contributed by atoms with E-state index in [-0.39, 0.29) is 10.6 Å². The molecule has 0 radical (unpaired) electrons. The maximum Gasteiger partial charge on any atom is 0.416 e. The van der Waals surface area contributed by atoms with Gasteiger partial charge in [0.15, 0.2) is 0 Å². The molecule has 0 aromatic heterocycles. The number of hydrogen-bond donors (Lipinski definition) is 2. The number of nitrogens with one attached hydrogen (secondary N) is 1. The average molecular weight is 511 g/mol. The zero-order valence-electron chi connectivity index (χ0n) is 19.1. The van der Waals surface area contributed by atoms with Crippen molar-refractivity contribution in [1.29, 1.82) is 0 Å². The second-order valence-electron chi connectivity index (χ2n) is 7.63. The van der Waals surface area contributed by atoms with Crippen molar-refractivity contribution in [3.8, 4) is 5.75 Å². The minimum atomic E-state index is -4.55. The number of ether oxygens (including phenoxy) is 2. The van der Waals surface area contributed by atoms with Gasteiger partial charge in [-0.25, -0.2) is 0 Å². The van der Waals surface area contributed by atoms with Crippen molar-refractivity contribution in [2.75, 3.05) is 51.8 Å². The van der Waals surface area contributed by atoms with Crippen molar-refractivity contribution in [2.24, 2.45) is 10.7 Å². The number of allylic oxidation sites excluding steroid dienone is 1. The molecule has 1 aliphatic heterocycles. The zero-order valence-corrected chi connectivity index (χ0v) is 19.8. The highest BCUT2D eigenvalue weighted by molar-refractivity contribution is 6.46. The van der Waals surface area contributed by atoms with Gasteiger partial charge < -0.3 is 20.5 Å². The van der Waals surface area contributed by atoms with Gasteiger partial charge in [0.1, 0.15) is 12.4 Å². The van der Waals surface area contributed by atoms with E-state index in [1.807, 2.05) is 0 Å². The Morgan fingerprint density at radius 3 is 2.66 bits per heavy atom. The highest BCUT2D eigenvalue weighted by Crippen LogP contribution is 2.30. The molecule has 0 aliphatic carbocycles. The van der Waals surface area contributed by atoms with Crippen LogP contribution < -0.4 is 15.8 Å². The standard InChI is InChI=1S/C24H26ClF3N4O3/c1-30-22(20(25)15-29)19-14-18(5-6-21(19)35-12-9-32-7-10-34-11-8-32)31-23(33)16-3-2-4-17(13-16)24(26,27)28/h2-6,13-15H,7-12,29H2,1H3,(H,31,33). The Labute approximate surface area is 206 Å². The first-order chi connectivity index (χ1) is 16.7. The fourth-order valence-electron chi connectivity index (χ4n) is 3.50. The normalized spacial score (nSPS) is 15.7. The SMILES string of the molecule is CN=C(C(Cl)=CN)c1cc(NC(=O)c2cccc(C(F)(F)F)c2)ccc1OCCN1CCOCC1. The minimum absolute atomic E-state index is 0.128. The van der Waals surface area contributed by atoms with Crippen LogP contribution in [0.5, 0.6) is 5.75 Å². The number of morpholine rings is 1. The Morgan fingerprint density at radius 2 is 2.00 bits per heavy atom. The molecule has 3 rings (SSSR count). The molecule has 0 atom stereocenters. The maximum atomic E-state index is 13.0. The first-order valence-electron chi connectivity index (χ1n) is 10.8. The predicted molar refractivity (Wildman–Crippen MR) is 129 cm³/mol. The number of carbonyl (C=O) groups is 1. The lowest BCUT2D eigenvalue weighted by Gasteiger charge is -2.26. The number of rotatable bonds is 8. The third kappa shape index (κ3) is 7.20. The Balaban J connectivity index is 1.82. The lowest BCUT2D eigenvalue weighted by Crippen LogP contribution is -2.38. The third-order valence-corrected chi connectivity index (χ3v) is 5.61. The van der Waals surface area contributed by atoms with E-state index < -0.39 is 17.6 Å². The molecular formula is C24H26ClF3N4O3. The third-order valence-electron chi connectivity index (χ3n) is 5.31. The van der Waals surface area contributed by atoms with Crippen molar-refractivity contribution in [2.45, 2.75) is 6.18 Å². The highest BCUT2D eigenvalue weighted by atomic mass is 35.5. The monoisotopic (exact) mass is 510 g/mol. The van der Waals surface area contributed by atoms with E-state index in [0.717, 1.165) is 25.2 Å². The Bertz CT molecular complexity index is 1100. The smallest absolute Gasteiger partial charge is 0.416 e. The van der Waals surface area contributed by atoms with Crippen LogP contribution in [-0.4, -0.2) is 63.0 Å². The van der Waals surface area contributed by atoms with Crippen molar-refractivity contribution in [3.63, 3.8) is 0 Å². The summed E-state index contributed by atoms with van der Waals surface area (Å²) in [4.78, 5) is 19.1. The Kier molecular flexibility index (Phi) is 9.13. The number of hydrogen-bond acceptors (Lipinski definition) is 6. The highest BCUT2D eigenvalue weighted by Gasteiger charge is 2.31. The van der Waals surface area contributed by atoms with E-state index in [9.17, 15) is 18.0 Å². The Morgan fingerprint density at radius 1 is 1.26 bits per heavy atom. The summed E-state index contributed by atoms with van der Waals surface area (Å²) in [6, 6.07) is 9.01. The van der Waals surface area contributed by atoms with Crippen LogP contribution in [-0.2, 0) is 10.9 Å². The fraction of sp³-hybridized carbons (Fsp3) is 0.333. The Hall–Kier alpha value is -3.08. The van der Waals surface area contributed by atoms with E-state index >= 15 is 0 Å². The lowest BCUT2D eigenvalue weighted by atomic mass is 10.1. The molecule has 188 valence electrons. The van der Waals surface area contributed by atoms with Crippen LogP contribution in [0.4, 0.5) is 18.9 Å². The van der Waals surface area contributed by atoms with E-state index in [1.54, 1.807) is 18.2 Å². The van der Waals surface area contributed by atoms with E-state index in [0.29, 0.717) is 49.1 Å². The molecule has 3 N–H and O–H groups in total. The molecule has 1 heterocycles. The number of aliphatic imine (C=N–C) groups is 1. The van der Waals surface area contributed by atoms with Crippen molar-refractivity contribution < 1.29 is 27.4 Å². The quantitative estimate of drug-likeness (QED) is 0.521. The topological polar surface area (TPSA) is 89.2 Å². The summed E-state index contributed by atoms with van der Waals surface area (Å²) >= 11 is 6.24. The van der Waals surface area contributed by atoms with Gasteiger partial charge in [-0.05, 0) is 36.4 Å². The van der Waals surface area contributed by atoms with Gasteiger partial charge in [0.2, 0.25) is 0 Å². The van der Waals surface area contributed by atoms with Gasteiger partial charge in [0.05, 0.1) is 29.5 Å². The van der Waals surface area contributed by atoms with Crippen LogP contribution in [0.15, 0.2) is 58.7 Å². The number of benzene rings is 2. The number of carbonyl (C=O) groups excluding carboxylic acids is 1. The molecule has 7 nitrogen and oxygen atoms in total. The predicted octanol–water partition coefficient (Wildman–Crippen LogP) is 4.13. The molecule has 0 bridgehead atoms. The van der Waals surface area contributed by atoms with Gasteiger partial charge in [-0.2, -0.15) is 13.2 Å². The molecule has 0 saturated carbocycles. The molecular weight excluding hydrogens is 485 g/mol. The fourth-order valence-corrected chi connectivity index (χ4v) is 3.69. The summed E-state index contributed by atoms with van der Waals surface area (Å²) in [5, 5.41) is 2.79. The molecule has 1 amide bonds. The van der Waals surface area contributed by atoms with Crippen LogP contribution in [0.1, 0.15) is 21.5 Å². The van der Waals surface area contributed by atoms with E-state index in [4.69, 9.17) is 26.8 Å².